The third-order valence-electron chi connectivity index (χ3n) is 3.87. The average Bonchev–Trinajstić information content (AvgIpc) is 2.65. The number of halogens is 2. The van der Waals surface area contributed by atoms with Crippen LogP contribution in [-0.4, -0.2) is 12.6 Å². The quantitative estimate of drug-likeness (QED) is 0.793. The van der Waals surface area contributed by atoms with E-state index in [2.05, 4.69) is 27.3 Å². The number of hydrogen-bond donors (Lipinski definition) is 2. The molecular formula is C15H22BrClN2. The van der Waals surface area contributed by atoms with Crippen molar-refractivity contribution >= 4 is 27.5 Å². The summed E-state index contributed by atoms with van der Waals surface area (Å²) in [7, 11) is 0. The van der Waals surface area contributed by atoms with Gasteiger partial charge in [0, 0.05) is 28.1 Å². The van der Waals surface area contributed by atoms with Crippen molar-refractivity contribution < 1.29 is 0 Å². The van der Waals surface area contributed by atoms with Crippen LogP contribution in [0, 0.1) is 0 Å². The molecule has 1 atom stereocenters. The number of hydrogen-bond acceptors (Lipinski definition) is 2. The third kappa shape index (κ3) is 4.45. The van der Waals surface area contributed by atoms with Gasteiger partial charge in [0.1, 0.15) is 0 Å². The molecule has 1 aromatic carbocycles. The Hall–Kier alpha value is -0.0900. The second-order valence-electron chi connectivity index (χ2n) is 5.31. The van der Waals surface area contributed by atoms with Gasteiger partial charge in [0.25, 0.3) is 0 Å². The van der Waals surface area contributed by atoms with Gasteiger partial charge in [-0.2, -0.15) is 0 Å². The van der Waals surface area contributed by atoms with Gasteiger partial charge in [-0.15, -0.1) is 0 Å². The highest BCUT2D eigenvalue weighted by atomic mass is 79.9. The smallest absolute Gasteiger partial charge is 0.0457 e. The zero-order valence-corrected chi connectivity index (χ0v) is 13.5. The van der Waals surface area contributed by atoms with Crippen molar-refractivity contribution in [1.29, 1.82) is 0 Å². The first-order chi connectivity index (χ1) is 9.20. The highest BCUT2D eigenvalue weighted by Gasteiger charge is 2.19. The van der Waals surface area contributed by atoms with Crippen LogP contribution in [-0.2, 0) is 0 Å². The van der Waals surface area contributed by atoms with Gasteiger partial charge >= 0.3 is 0 Å². The fraction of sp³-hybridized carbons (Fsp3) is 0.600. The Morgan fingerprint density at radius 3 is 2.53 bits per heavy atom. The van der Waals surface area contributed by atoms with E-state index in [1.807, 2.05) is 12.1 Å². The Kier molecular flexibility index (Phi) is 6.14. The van der Waals surface area contributed by atoms with Gasteiger partial charge in [-0.3, -0.25) is 0 Å². The summed E-state index contributed by atoms with van der Waals surface area (Å²) in [5.74, 6) is 0. The molecule has 2 rings (SSSR count). The van der Waals surface area contributed by atoms with Crippen LogP contribution in [0.3, 0.4) is 0 Å². The molecule has 1 saturated carbocycles. The van der Waals surface area contributed by atoms with E-state index in [1.54, 1.807) is 0 Å². The zero-order chi connectivity index (χ0) is 13.7. The van der Waals surface area contributed by atoms with Gasteiger partial charge in [-0.1, -0.05) is 59.3 Å². The largest absolute Gasteiger partial charge is 0.329 e. The molecule has 0 radical (unpaired) electrons. The Morgan fingerprint density at radius 1 is 1.26 bits per heavy atom. The lowest BCUT2D eigenvalue weighted by Gasteiger charge is -2.25. The summed E-state index contributed by atoms with van der Waals surface area (Å²) in [5.41, 5.74) is 7.16. The molecule has 1 fully saturated rings. The van der Waals surface area contributed by atoms with E-state index in [1.165, 1.54) is 44.1 Å². The number of nitrogens with one attached hydrogen (secondary N) is 1. The molecule has 106 valence electrons. The molecule has 1 aliphatic rings. The molecular weight excluding hydrogens is 324 g/mol. The van der Waals surface area contributed by atoms with E-state index in [9.17, 15) is 0 Å². The van der Waals surface area contributed by atoms with Crippen LogP contribution in [0.2, 0.25) is 5.02 Å². The first kappa shape index (κ1) is 15.3. The molecule has 1 aliphatic carbocycles. The summed E-state index contributed by atoms with van der Waals surface area (Å²) in [4.78, 5) is 0. The van der Waals surface area contributed by atoms with E-state index < -0.39 is 0 Å². The topological polar surface area (TPSA) is 38.0 Å². The summed E-state index contributed by atoms with van der Waals surface area (Å²) < 4.78 is 1.04. The van der Waals surface area contributed by atoms with Gasteiger partial charge in [-0.25, -0.2) is 0 Å². The van der Waals surface area contributed by atoms with E-state index in [0.29, 0.717) is 12.6 Å². The molecule has 19 heavy (non-hydrogen) atoms. The lowest BCUT2D eigenvalue weighted by Crippen LogP contribution is -2.36. The summed E-state index contributed by atoms with van der Waals surface area (Å²) >= 11 is 9.59. The van der Waals surface area contributed by atoms with E-state index >= 15 is 0 Å². The maximum Gasteiger partial charge on any atom is 0.0457 e. The minimum Gasteiger partial charge on any atom is -0.329 e. The summed E-state index contributed by atoms with van der Waals surface area (Å²) in [6.07, 6.45) is 7.93. The SMILES string of the molecule is NCC(NC1CCCCCC1)c1ccc(Cl)cc1Br. The predicted molar refractivity (Wildman–Crippen MR) is 85.6 cm³/mol. The van der Waals surface area contributed by atoms with Crippen molar-refractivity contribution in [2.24, 2.45) is 5.73 Å². The first-order valence-electron chi connectivity index (χ1n) is 7.12. The van der Waals surface area contributed by atoms with Crippen LogP contribution in [0.15, 0.2) is 22.7 Å². The van der Waals surface area contributed by atoms with E-state index in [4.69, 9.17) is 17.3 Å². The molecule has 3 N–H and O–H groups in total. The average molecular weight is 346 g/mol. The lowest BCUT2D eigenvalue weighted by molar-refractivity contribution is 0.402. The Morgan fingerprint density at radius 2 is 1.95 bits per heavy atom. The Labute approximate surface area is 129 Å². The fourth-order valence-corrected chi connectivity index (χ4v) is 3.76. The molecule has 2 nitrogen and oxygen atoms in total. The molecule has 0 spiro atoms. The van der Waals surface area contributed by atoms with Crippen LogP contribution in [0.1, 0.15) is 50.1 Å². The minimum atomic E-state index is 0.203. The number of benzene rings is 1. The molecule has 1 aromatic rings. The highest BCUT2D eigenvalue weighted by molar-refractivity contribution is 9.10. The summed E-state index contributed by atoms with van der Waals surface area (Å²) in [5, 5.41) is 4.47. The normalized spacial score (nSPS) is 19.1. The number of nitrogens with two attached hydrogens (primary N) is 1. The van der Waals surface area contributed by atoms with Crippen LogP contribution < -0.4 is 11.1 Å². The summed E-state index contributed by atoms with van der Waals surface area (Å²) in [6.45, 7) is 0.608. The fourth-order valence-electron chi connectivity index (χ4n) is 2.80. The van der Waals surface area contributed by atoms with Crippen molar-refractivity contribution in [2.75, 3.05) is 6.54 Å². The lowest BCUT2D eigenvalue weighted by atomic mass is 10.0. The number of rotatable bonds is 4. The highest BCUT2D eigenvalue weighted by Crippen LogP contribution is 2.28. The van der Waals surface area contributed by atoms with E-state index in [-0.39, 0.29) is 6.04 Å². The van der Waals surface area contributed by atoms with Crippen LogP contribution in [0.5, 0.6) is 0 Å². The van der Waals surface area contributed by atoms with Crippen molar-refractivity contribution in [2.45, 2.75) is 50.6 Å². The van der Waals surface area contributed by atoms with Crippen molar-refractivity contribution in [3.05, 3.63) is 33.3 Å². The van der Waals surface area contributed by atoms with Gasteiger partial charge in [0.2, 0.25) is 0 Å². The van der Waals surface area contributed by atoms with Gasteiger partial charge in [-0.05, 0) is 30.5 Å². The van der Waals surface area contributed by atoms with Crippen LogP contribution in [0.25, 0.3) is 0 Å². The predicted octanol–water partition coefficient (Wildman–Crippen LogP) is 4.41. The molecule has 0 saturated heterocycles. The maximum absolute atomic E-state index is 6.00. The zero-order valence-electron chi connectivity index (χ0n) is 11.2. The van der Waals surface area contributed by atoms with Crippen LogP contribution in [0.4, 0.5) is 0 Å². The molecule has 0 bridgehead atoms. The minimum absolute atomic E-state index is 0.203. The Bertz CT molecular complexity index is 403. The maximum atomic E-state index is 6.00. The molecule has 1 unspecified atom stereocenters. The summed E-state index contributed by atoms with van der Waals surface area (Å²) in [6, 6.07) is 6.73. The molecule has 0 aromatic heterocycles. The monoisotopic (exact) mass is 344 g/mol. The molecule has 4 heteroatoms. The van der Waals surface area contributed by atoms with Gasteiger partial charge in [0.05, 0.1) is 0 Å². The third-order valence-corrected chi connectivity index (χ3v) is 4.79. The first-order valence-corrected chi connectivity index (χ1v) is 8.29. The van der Waals surface area contributed by atoms with Gasteiger partial charge in [0.15, 0.2) is 0 Å². The van der Waals surface area contributed by atoms with Crippen molar-refractivity contribution in [3.63, 3.8) is 0 Å². The molecule has 0 heterocycles. The van der Waals surface area contributed by atoms with Crippen molar-refractivity contribution in [3.8, 4) is 0 Å². The van der Waals surface area contributed by atoms with Crippen molar-refractivity contribution in [1.82, 2.24) is 5.32 Å². The molecule has 0 amide bonds. The molecule has 0 aliphatic heterocycles. The van der Waals surface area contributed by atoms with E-state index in [0.717, 1.165) is 9.50 Å². The van der Waals surface area contributed by atoms with Gasteiger partial charge < -0.3 is 11.1 Å². The second-order valence-corrected chi connectivity index (χ2v) is 6.60. The second kappa shape index (κ2) is 7.63. The standard InChI is InChI=1S/C15H22BrClN2/c16-14-9-11(17)7-8-13(14)15(10-18)19-12-5-3-1-2-4-6-12/h7-9,12,15,19H,1-6,10,18H2. The van der Waals surface area contributed by atoms with Crippen LogP contribution >= 0.6 is 27.5 Å². The Balaban J connectivity index is 2.06.